The minimum atomic E-state index is 0.466. The Morgan fingerprint density at radius 1 is 1.10 bits per heavy atom. The van der Waals surface area contributed by atoms with Crippen LogP contribution >= 0.6 is 11.6 Å². The highest BCUT2D eigenvalue weighted by Crippen LogP contribution is 2.37. The van der Waals surface area contributed by atoms with Gasteiger partial charge in [-0.2, -0.15) is 5.26 Å². The molecule has 0 atom stereocenters. The minimum Gasteiger partial charge on any atom is -0.493 e. The number of ether oxygens (including phenoxy) is 2. The van der Waals surface area contributed by atoms with Crippen LogP contribution in [0, 0.1) is 11.3 Å². The molecule has 6 heteroatoms. The third-order valence-corrected chi connectivity index (χ3v) is 3.16. The highest BCUT2D eigenvalue weighted by atomic mass is 35.5. The van der Waals surface area contributed by atoms with Gasteiger partial charge in [-0.15, -0.1) is 0 Å². The molecule has 2 rings (SSSR count). The maximum absolute atomic E-state index is 9.13. The maximum Gasteiger partial charge on any atom is 0.162 e. The van der Waals surface area contributed by atoms with E-state index in [1.807, 2.05) is 0 Å². The van der Waals surface area contributed by atoms with Gasteiger partial charge in [-0.05, 0) is 18.2 Å². The second-order valence-electron chi connectivity index (χ2n) is 4.22. The van der Waals surface area contributed by atoms with Crippen LogP contribution < -0.4 is 20.5 Å². The highest BCUT2D eigenvalue weighted by molar-refractivity contribution is 6.30. The number of rotatable bonds is 4. The van der Waals surface area contributed by atoms with E-state index in [2.05, 4.69) is 11.4 Å². The van der Waals surface area contributed by atoms with E-state index in [9.17, 15) is 0 Å². The first kappa shape index (κ1) is 14.8. The van der Waals surface area contributed by atoms with E-state index in [0.717, 1.165) is 0 Å². The molecule has 0 radical (unpaired) electrons. The number of nitrogens with one attached hydrogen (secondary N) is 1. The summed E-state index contributed by atoms with van der Waals surface area (Å²) in [5.74, 6) is 1.07. The zero-order valence-electron chi connectivity index (χ0n) is 11.6. The van der Waals surface area contributed by atoms with E-state index in [1.165, 1.54) is 14.2 Å². The Morgan fingerprint density at radius 3 is 2.38 bits per heavy atom. The molecule has 0 aliphatic heterocycles. The summed E-state index contributed by atoms with van der Waals surface area (Å²) in [4.78, 5) is 0. The lowest BCUT2D eigenvalue weighted by atomic mass is 10.1. The van der Waals surface area contributed by atoms with E-state index in [4.69, 9.17) is 32.1 Å². The lowest BCUT2D eigenvalue weighted by Gasteiger charge is -2.15. The van der Waals surface area contributed by atoms with Gasteiger partial charge in [0.15, 0.2) is 11.5 Å². The SMILES string of the molecule is COc1cc(N)c(Nc2cc(Cl)ccc2C#N)cc1OC. The van der Waals surface area contributed by atoms with Gasteiger partial charge in [0.1, 0.15) is 6.07 Å². The zero-order valence-corrected chi connectivity index (χ0v) is 12.4. The first-order valence-electron chi connectivity index (χ1n) is 6.07. The van der Waals surface area contributed by atoms with Crippen LogP contribution in [0.25, 0.3) is 0 Å². The summed E-state index contributed by atoms with van der Waals surface area (Å²) in [5, 5.41) is 12.7. The molecular weight excluding hydrogens is 290 g/mol. The van der Waals surface area contributed by atoms with Crippen molar-refractivity contribution >= 4 is 28.7 Å². The van der Waals surface area contributed by atoms with Crippen molar-refractivity contribution in [3.8, 4) is 17.6 Å². The summed E-state index contributed by atoms with van der Waals surface area (Å²) in [6.07, 6.45) is 0. The van der Waals surface area contributed by atoms with E-state index < -0.39 is 0 Å². The van der Waals surface area contributed by atoms with Crippen LogP contribution in [0.15, 0.2) is 30.3 Å². The maximum atomic E-state index is 9.13. The molecular formula is C15H14ClN3O2. The summed E-state index contributed by atoms with van der Waals surface area (Å²) >= 11 is 5.96. The van der Waals surface area contributed by atoms with Crippen molar-refractivity contribution in [2.75, 3.05) is 25.3 Å². The molecule has 0 saturated heterocycles. The van der Waals surface area contributed by atoms with Crippen LogP contribution in [0.2, 0.25) is 5.02 Å². The van der Waals surface area contributed by atoms with Crippen molar-refractivity contribution in [3.63, 3.8) is 0 Å². The summed E-state index contributed by atoms with van der Waals surface area (Å²) in [6, 6.07) is 10.4. The fraction of sp³-hybridized carbons (Fsp3) is 0.133. The van der Waals surface area contributed by atoms with Gasteiger partial charge >= 0.3 is 0 Å². The van der Waals surface area contributed by atoms with E-state index in [-0.39, 0.29) is 0 Å². The molecule has 0 spiro atoms. The molecule has 3 N–H and O–H groups in total. The fourth-order valence-electron chi connectivity index (χ4n) is 1.87. The molecule has 108 valence electrons. The number of nitrogens with zero attached hydrogens (tertiary/aromatic N) is 1. The van der Waals surface area contributed by atoms with Crippen molar-refractivity contribution in [2.45, 2.75) is 0 Å². The molecule has 2 aromatic rings. The van der Waals surface area contributed by atoms with Crippen LogP contribution in [0.5, 0.6) is 11.5 Å². The van der Waals surface area contributed by atoms with Gasteiger partial charge in [-0.3, -0.25) is 0 Å². The molecule has 0 heterocycles. The number of halogens is 1. The Morgan fingerprint density at radius 2 is 1.76 bits per heavy atom. The van der Waals surface area contributed by atoms with Gasteiger partial charge in [0.05, 0.1) is 36.8 Å². The first-order valence-corrected chi connectivity index (χ1v) is 6.45. The van der Waals surface area contributed by atoms with Gasteiger partial charge in [-0.1, -0.05) is 11.6 Å². The van der Waals surface area contributed by atoms with Crippen molar-refractivity contribution < 1.29 is 9.47 Å². The Hall–Kier alpha value is -2.58. The number of anilines is 3. The van der Waals surface area contributed by atoms with Crippen LogP contribution in [0.4, 0.5) is 17.1 Å². The number of hydrogen-bond acceptors (Lipinski definition) is 5. The quantitative estimate of drug-likeness (QED) is 0.844. The standard InChI is InChI=1S/C15H14ClN3O2/c1-20-14-6-11(18)13(7-15(14)21-2)19-12-5-10(16)4-3-9(12)8-17/h3-7,19H,18H2,1-2H3. The largest absolute Gasteiger partial charge is 0.493 e. The van der Waals surface area contributed by atoms with E-state index >= 15 is 0 Å². The highest BCUT2D eigenvalue weighted by Gasteiger charge is 2.11. The lowest BCUT2D eigenvalue weighted by Crippen LogP contribution is -2.00. The van der Waals surface area contributed by atoms with Crippen molar-refractivity contribution in [1.29, 1.82) is 5.26 Å². The summed E-state index contributed by atoms with van der Waals surface area (Å²) in [5.41, 5.74) is 8.10. The number of nitrogens with two attached hydrogens (primary N) is 1. The molecule has 0 bridgehead atoms. The summed E-state index contributed by atoms with van der Waals surface area (Å²) < 4.78 is 10.4. The van der Waals surface area contributed by atoms with Crippen LogP contribution in [0.1, 0.15) is 5.56 Å². The average Bonchev–Trinajstić information content (AvgIpc) is 2.49. The predicted octanol–water partition coefficient (Wildman–Crippen LogP) is 3.55. The number of benzene rings is 2. The van der Waals surface area contributed by atoms with Crippen LogP contribution in [-0.2, 0) is 0 Å². The Balaban J connectivity index is 2.45. The third-order valence-electron chi connectivity index (χ3n) is 2.93. The average molecular weight is 304 g/mol. The fourth-order valence-corrected chi connectivity index (χ4v) is 2.04. The van der Waals surface area contributed by atoms with Gasteiger partial charge in [0.2, 0.25) is 0 Å². The lowest BCUT2D eigenvalue weighted by molar-refractivity contribution is 0.355. The molecule has 0 aromatic heterocycles. The summed E-state index contributed by atoms with van der Waals surface area (Å²) in [7, 11) is 3.08. The normalized spacial score (nSPS) is 9.81. The predicted molar refractivity (Wildman–Crippen MR) is 83.4 cm³/mol. The van der Waals surface area contributed by atoms with Crippen molar-refractivity contribution in [1.82, 2.24) is 0 Å². The van der Waals surface area contributed by atoms with E-state index in [1.54, 1.807) is 30.3 Å². The number of nitriles is 1. The smallest absolute Gasteiger partial charge is 0.162 e. The molecule has 2 aromatic carbocycles. The van der Waals surface area contributed by atoms with Crippen LogP contribution in [0.3, 0.4) is 0 Å². The first-order chi connectivity index (χ1) is 10.1. The molecule has 0 aliphatic carbocycles. The number of methoxy groups -OCH3 is 2. The molecule has 5 nitrogen and oxygen atoms in total. The number of nitrogen functional groups attached to an aromatic ring is 1. The summed E-state index contributed by atoms with van der Waals surface area (Å²) in [6.45, 7) is 0. The number of hydrogen-bond donors (Lipinski definition) is 2. The topological polar surface area (TPSA) is 80.3 Å². The molecule has 21 heavy (non-hydrogen) atoms. The second kappa shape index (κ2) is 6.25. The van der Waals surface area contributed by atoms with Gasteiger partial charge in [0, 0.05) is 17.2 Å². The molecule has 0 unspecified atom stereocenters. The van der Waals surface area contributed by atoms with Gasteiger partial charge in [0.25, 0.3) is 0 Å². The molecule has 0 amide bonds. The van der Waals surface area contributed by atoms with Crippen LogP contribution in [-0.4, -0.2) is 14.2 Å². The molecule has 0 fully saturated rings. The third kappa shape index (κ3) is 3.12. The monoisotopic (exact) mass is 303 g/mol. The minimum absolute atomic E-state index is 0.466. The van der Waals surface area contributed by atoms with Crippen molar-refractivity contribution in [3.05, 3.63) is 40.9 Å². The van der Waals surface area contributed by atoms with Gasteiger partial charge < -0.3 is 20.5 Å². The molecule has 0 saturated carbocycles. The Kier molecular flexibility index (Phi) is 4.41. The Labute approximate surface area is 127 Å². The Bertz CT molecular complexity index is 711. The van der Waals surface area contributed by atoms with Gasteiger partial charge in [-0.25, -0.2) is 0 Å². The van der Waals surface area contributed by atoms with Crippen molar-refractivity contribution in [2.24, 2.45) is 0 Å². The zero-order chi connectivity index (χ0) is 15.4. The second-order valence-corrected chi connectivity index (χ2v) is 4.66. The van der Waals surface area contributed by atoms with E-state index in [0.29, 0.717) is 39.1 Å². The molecule has 0 aliphatic rings.